The van der Waals surface area contributed by atoms with Crippen molar-refractivity contribution in [2.75, 3.05) is 13.2 Å². The Balaban J connectivity index is 1.38. The van der Waals surface area contributed by atoms with Gasteiger partial charge in [-0.05, 0) is 36.5 Å². The summed E-state index contributed by atoms with van der Waals surface area (Å²) in [4.78, 5) is 24.4. The second-order valence-electron chi connectivity index (χ2n) is 5.64. The minimum atomic E-state index is -0.595. The second-order valence-corrected chi connectivity index (χ2v) is 7.00. The van der Waals surface area contributed by atoms with Gasteiger partial charge in [-0.2, -0.15) is 4.68 Å². The fraction of sp³-hybridized carbons (Fsp3) is 0.467. The summed E-state index contributed by atoms with van der Waals surface area (Å²) in [5, 5.41) is 9.25. The number of carbonyl (C=O) groups is 1. The SMILES string of the molecule is O=C(CCn1nc(-c2cccs2)oc1=O)NNC(=S)NCC1CCCO1. The van der Waals surface area contributed by atoms with E-state index < -0.39 is 5.76 Å². The Morgan fingerprint density at radius 1 is 1.46 bits per heavy atom. The van der Waals surface area contributed by atoms with E-state index in [9.17, 15) is 9.59 Å². The second kappa shape index (κ2) is 8.92. The van der Waals surface area contributed by atoms with Gasteiger partial charge in [0, 0.05) is 19.6 Å². The Morgan fingerprint density at radius 3 is 3.08 bits per heavy atom. The maximum absolute atomic E-state index is 11.9. The highest BCUT2D eigenvalue weighted by Crippen LogP contribution is 2.20. The predicted octanol–water partition coefficient (Wildman–Crippen LogP) is 0.629. The first-order valence-electron chi connectivity index (χ1n) is 8.18. The van der Waals surface area contributed by atoms with E-state index in [1.807, 2.05) is 17.5 Å². The smallest absolute Gasteiger partial charge is 0.387 e. The van der Waals surface area contributed by atoms with E-state index in [0.29, 0.717) is 11.7 Å². The van der Waals surface area contributed by atoms with Gasteiger partial charge in [0.2, 0.25) is 5.91 Å². The van der Waals surface area contributed by atoms with Gasteiger partial charge in [-0.15, -0.1) is 16.4 Å². The number of hydrogen-bond acceptors (Lipinski definition) is 7. The van der Waals surface area contributed by atoms with Gasteiger partial charge >= 0.3 is 5.76 Å². The molecule has 3 N–H and O–H groups in total. The van der Waals surface area contributed by atoms with Crippen molar-refractivity contribution in [2.24, 2.45) is 0 Å². The number of nitrogens with one attached hydrogen (secondary N) is 3. The molecule has 140 valence electrons. The lowest BCUT2D eigenvalue weighted by Gasteiger charge is -2.14. The molecule has 3 heterocycles. The lowest BCUT2D eigenvalue weighted by molar-refractivity contribution is -0.121. The van der Waals surface area contributed by atoms with Crippen LogP contribution in [0.15, 0.2) is 26.7 Å². The molecule has 26 heavy (non-hydrogen) atoms. The molecular formula is C15H19N5O4S2. The molecule has 3 rings (SSSR count). The highest BCUT2D eigenvalue weighted by atomic mass is 32.1. The molecule has 1 atom stereocenters. The highest BCUT2D eigenvalue weighted by molar-refractivity contribution is 7.80. The topological polar surface area (TPSA) is 110 Å². The highest BCUT2D eigenvalue weighted by Gasteiger charge is 2.15. The van der Waals surface area contributed by atoms with Crippen molar-refractivity contribution in [2.45, 2.75) is 31.9 Å². The molecule has 1 fully saturated rings. The number of hydrazine groups is 1. The monoisotopic (exact) mass is 397 g/mol. The summed E-state index contributed by atoms with van der Waals surface area (Å²) in [6.45, 7) is 1.48. The van der Waals surface area contributed by atoms with Crippen molar-refractivity contribution >= 4 is 34.6 Å². The predicted molar refractivity (Wildman–Crippen MR) is 99.5 cm³/mol. The van der Waals surface area contributed by atoms with Crippen molar-refractivity contribution in [3.63, 3.8) is 0 Å². The van der Waals surface area contributed by atoms with Gasteiger partial charge in [-0.3, -0.25) is 15.6 Å². The van der Waals surface area contributed by atoms with E-state index in [1.54, 1.807) is 0 Å². The van der Waals surface area contributed by atoms with Gasteiger partial charge in [-0.25, -0.2) is 4.79 Å². The largest absolute Gasteiger partial charge is 0.437 e. The van der Waals surface area contributed by atoms with E-state index in [4.69, 9.17) is 21.4 Å². The van der Waals surface area contributed by atoms with Gasteiger partial charge in [0.15, 0.2) is 5.11 Å². The molecule has 0 radical (unpaired) electrons. The maximum Gasteiger partial charge on any atom is 0.437 e. The van der Waals surface area contributed by atoms with Crippen LogP contribution in [0.1, 0.15) is 19.3 Å². The summed E-state index contributed by atoms with van der Waals surface area (Å²) < 4.78 is 11.7. The average molecular weight is 397 g/mol. The third-order valence-corrected chi connectivity index (χ3v) is 4.82. The zero-order chi connectivity index (χ0) is 18.4. The van der Waals surface area contributed by atoms with Gasteiger partial charge in [0.05, 0.1) is 17.5 Å². The summed E-state index contributed by atoms with van der Waals surface area (Å²) in [6.07, 6.45) is 2.26. The standard InChI is InChI=1S/C15H19N5O4S2/c21-12(17-18-14(25)16-9-10-3-1-7-23-10)5-6-20-15(22)24-13(19-20)11-4-2-8-26-11/h2,4,8,10H,1,3,5-7,9H2,(H,17,21)(H2,16,18,25). The Labute approximate surface area is 158 Å². The lowest BCUT2D eigenvalue weighted by Crippen LogP contribution is -2.48. The number of aromatic nitrogens is 2. The molecule has 0 aliphatic carbocycles. The zero-order valence-electron chi connectivity index (χ0n) is 13.9. The number of hydrogen-bond donors (Lipinski definition) is 3. The molecular weight excluding hydrogens is 378 g/mol. The number of thiocarbonyl (C=S) groups is 1. The number of rotatable bonds is 6. The van der Waals surface area contributed by atoms with E-state index in [-0.39, 0.29) is 30.9 Å². The molecule has 1 amide bonds. The van der Waals surface area contributed by atoms with Crippen LogP contribution in [0.2, 0.25) is 0 Å². The third-order valence-electron chi connectivity index (χ3n) is 3.72. The first-order chi connectivity index (χ1) is 12.6. The number of aryl methyl sites for hydroxylation is 1. The van der Waals surface area contributed by atoms with Crippen molar-refractivity contribution in [3.05, 3.63) is 28.1 Å². The number of thiophene rings is 1. The first-order valence-corrected chi connectivity index (χ1v) is 9.47. The summed E-state index contributed by atoms with van der Waals surface area (Å²) >= 11 is 6.50. The summed E-state index contributed by atoms with van der Waals surface area (Å²) in [7, 11) is 0. The Morgan fingerprint density at radius 2 is 2.35 bits per heavy atom. The molecule has 11 heteroatoms. The van der Waals surface area contributed by atoms with Crippen LogP contribution in [-0.4, -0.2) is 40.1 Å². The number of amides is 1. The molecule has 2 aromatic heterocycles. The Kier molecular flexibility index (Phi) is 6.36. The lowest BCUT2D eigenvalue weighted by atomic mass is 10.2. The molecule has 0 bridgehead atoms. The molecule has 1 unspecified atom stereocenters. The molecule has 2 aromatic rings. The normalized spacial score (nSPS) is 16.4. The van der Waals surface area contributed by atoms with Crippen LogP contribution in [0.4, 0.5) is 0 Å². The van der Waals surface area contributed by atoms with Crippen molar-refractivity contribution < 1.29 is 13.9 Å². The van der Waals surface area contributed by atoms with Crippen LogP contribution in [0.25, 0.3) is 10.8 Å². The van der Waals surface area contributed by atoms with Crippen LogP contribution in [0.5, 0.6) is 0 Å². The Bertz CT molecular complexity index is 795. The van der Waals surface area contributed by atoms with Crippen LogP contribution >= 0.6 is 23.6 Å². The fourth-order valence-electron chi connectivity index (χ4n) is 2.40. The third kappa shape index (κ3) is 5.13. The number of ether oxygens (including phenoxy) is 1. The minimum absolute atomic E-state index is 0.0532. The van der Waals surface area contributed by atoms with E-state index >= 15 is 0 Å². The number of nitrogens with zero attached hydrogens (tertiary/aromatic N) is 2. The van der Waals surface area contributed by atoms with Crippen LogP contribution < -0.4 is 21.9 Å². The van der Waals surface area contributed by atoms with Gasteiger partial charge in [0.25, 0.3) is 5.89 Å². The zero-order valence-corrected chi connectivity index (χ0v) is 15.5. The Hall–Kier alpha value is -2.24. The maximum atomic E-state index is 11.9. The van der Waals surface area contributed by atoms with Crippen molar-refractivity contribution in [3.8, 4) is 10.8 Å². The van der Waals surface area contributed by atoms with Crippen LogP contribution in [0.3, 0.4) is 0 Å². The molecule has 1 aliphatic rings. The molecule has 0 spiro atoms. The van der Waals surface area contributed by atoms with E-state index in [1.165, 1.54) is 11.3 Å². The molecule has 9 nitrogen and oxygen atoms in total. The van der Waals surface area contributed by atoms with Crippen LogP contribution in [0, 0.1) is 0 Å². The van der Waals surface area contributed by atoms with Gasteiger partial charge < -0.3 is 14.5 Å². The van der Waals surface area contributed by atoms with Gasteiger partial charge in [0.1, 0.15) is 0 Å². The molecule has 1 aliphatic heterocycles. The fourth-order valence-corrected chi connectivity index (χ4v) is 3.18. The molecule has 0 saturated carbocycles. The minimum Gasteiger partial charge on any atom is -0.387 e. The summed E-state index contributed by atoms with van der Waals surface area (Å²) in [5.74, 6) is -0.662. The molecule has 1 saturated heterocycles. The summed E-state index contributed by atoms with van der Waals surface area (Å²) in [5.41, 5.74) is 5.10. The average Bonchev–Trinajstić information content (AvgIpc) is 3.37. The number of carbonyl (C=O) groups excluding carboxylic acids is 1. The van der Waals surface area contributed by atoms with Crippen LogP contribution in [-0.2, 0) is 16.1 Å². The summed E-state index contributed by atoms with van der Waals surface area (Å²) in [6, 6.07) is 3.65. The van der Waals surface area contributed by atoms with Crippen molar-refractivity contribution in [1.29, 1.82) is 0 Å². The van der Waals surface area contributed by atoms with Gasteiger partial charge in [-0.1, -0.05) is 6.07 Å². The van der Waals surface area contributed by atoms with E-state index in [0.717, 1.165) is 29.0 Å². The quantitative estimate of drug-likeness (QED) is 0.481. The van der Waals surface area contributed by atoms with E-state index in [2.05, 4.69) is 21.3 Å². The first kappa shape index (κ1) is 18.5. The molecule has 0 aromatic carbocycles. The van der Waals surface area contributed by atoms with Crippen molar-refractivity contribution in [1.82, 2.24) is 25.9 Å².